The minimum Gasteiger partial charge on any atom is -0.461 e. The van der Waals surface area contributed by atoms with E-state index < -0.39 is 0 Å². The van der Waals surface area contributed by atoms with Gasteiger partial charge >= 0.3 is 5.97 Å². The summed E-state index contributed by atoms with van der Waals surface area (Å²) in [5.74, 6) is 0.675. The van der Waals surface area contributed by atoms with Crippen LogP contribution in [0.2, 0.25) is 0 Å². The zero-order chi connectivity index (χ0) is 7.59. The minimum atomic E-state index is -0.228. The molecule has 3 heteroatoms. The number of carbonyl (C=O) groups excluding carboxylic acids is 1. The number of carbonyl (C=O) groups is 1. The Morgan fingerprint density at radius 2 is 2.27 bits per heavy atom. The molecule has 60 valence electrons. The molecule has 1 heterocycles. The molecule has 1 aliphatic heterocycles. The SMILES string of the molecule is O=C1OC2C3CC(O)C(C3)C12. The first kappa shape index (κ1) is 6.00. The van der Waals surface area contributed by atoms with Crippen LogP contribution in [0.15, 0.2) is 0 Å². The van der Waals surface area contributed by atoms with Gasteiger partial charge in [-0.05, 0) is 18.8 Å². The number of ether oxygens (including phenoxy) is 1. The van der Waals surface area contributed by atoms with Crippen LogP contribution < -0.4 is 0 Å². The van der Waals surface area contributed by atoms with Crippen molar-refractivity contribution in [2.45, 2.75) is 25.0 Å². The Morgan fingerprint density at radius 1 is 1.45 bits per heavy atom. The van der Waals surface area contributed by atoms with Crippen molar-refractivity contribution in [2.75, 3.05) is 0 Å². The summed E-state index contributed by atoms with van der Waals surface area (Å²) in [7, 11) is 0. The maximum atomic E-state index is 10.9. The number of fused-ring (bicyclic) bond motifs is 5. The number of aliphatic hydroxyl groups excluding tert-OH is 1. The Morgan fingerprint density at radius 3 is 2.91 bits per heavy atom. The second-order valence-electron chi connectivity index (χ2n) is 3.89. The summed E-state index contributed by atoms with van der Waals surface area (Å²) in [6.07, 6.45) is 1.80. The third-order valence-electron chi connectivity index (χ3n) is 3.42. The molecule has 5 unspecified atom stereocenters. The van der Waals surface area contributed by atoms with Gasteiger partial charge in [0.05, 0.1) is 12.0 Å². The summed E-state index contributed by atoms with van der Waals surface area (Å²) >= 11 is 0. The van der Waals surface area contributed by atoms with Crippen LogP contribution in [0.25, 0.3) is 0 Å². The molecule has 0 aromatic carbocycles. The van der Waals surface area contributed by atoms with E-state index in [1.54, 1.807) is 0 Å². The summed E-state index contributed by atoms with van der Waals surface area (Å²) in [6.45, 7) is 0. The molecule has 5 atom stereocenters. The molecule has 3 rings (SSSR count). The van der Waals surface area contributed by atoms with Crippen molar-refractivity contribution in [2.24, 2.45) is 17.8 Å². The van der Waals surface area contributed by atoms with E-state index in [9.17, 15) is 9.90 Å². The van der Waals surface area contributed by atoms with E-state index in [4.69, 9.17) is 4.74 Å². The predicted molar refractivity (Wildman–Crippen MR) is 35.6 cm³/mol. The van der Waals surface area contributed by atoms with E-state index in [1.807, 2.05) is 0 Å². The van der Waals surface area contributed by atoms with Crippen LogP contribution in [0, 0.1) is 17.8 Å². The summed E-state index contributed by atoms with van der Waals surface area (Å²) in [4.78, 5) is 10.9. The second kappa shape index (κ2) is 1.61. The van der Waals surface area contributed by atoms with Gasteiger partial charge < -0.3 is 9.84 Å². The molecule has 2 aliphatic carbocycles. The van der Waals surface area contributed by atoms with Gasteiger partial charge in [-0.3, -0.25) is 4.79 Å². The predicted octanol–water partition coefficient (Wildman–Crippen LogP) is -0.0713. The fourth-order valence-corrected chi connectivity index (χ4v) is 2.90. The van der Waals surface area contributed by atoms with Crippen LogP contribution in [-0.2, 0) is 9.53 Å². The summed E-state index contributed by atoms with van der Waals surface area (Å²) < 4.78 is 5.00. The molecule has 0 radical (unpaired) electrons. The second-order valence-corrected chi connectivity index (χ2v) is 3.89. The topological polar surface area (TPSA) is 46.5 Å². The molecule has 0 aromatic heterocycles. The average Bonchev–Trinajstić information content (AvgIpc) is 2.39. The van der Waals surface area contributed by atoms with Crippen molar-refractivity contribution in [1.82, 2.24) is 0 Å². The Labute approximate surface area is 64.3 Å². The fourth-order valence-electron chi connectivity index (χ4n) is 2.90. The molecule has 2 saturated carbocycles. The van der Waals surface area contributed by atoms with E-state index in [0.717, 1.165) is 12.8 Å². The normalized spacial score (nSPS) is 58.6. The molecule has 3 nitrogen and oxygen atoms in total. The lowest BCUT2D eigenvalue weighted by atomic mass is 9.81. The van der Waals surface area contributed by atoms with E-state index in [0.29, 0.717) is 5.92 Å². The molecule has 3 fully saturated rings. The molecule has 0 spiro atoms. The third-order valence-corrected chi connectivity index (χ3v) is 3.42. The molecular weight excluding hydrogens is 144 g/mol. The molecule has 1 saturated heterocycles. The molecular formula is C8H10O3. The maximum Gasteiger partial charge on any atom is 0.313 e. The molecule has 0 amide bonds. The highest BCUT2D eigenvalue weighted by atomic mass is 16.6. The van der Waals surface area contributed by atoms with Crippen LogP contribution in [0.3, 0.4) is 0 Å². The van der Waals surface area contributed by atoms with Crippen molar-refractivity contribution < 1.29 is 14.6 Å². The van der Waals surface area contributed by atoms with Crippen LogP contribution >= 0.6 is 0 Å². The van der Waals surface area contributed by atoms with Crippen LogP contribution in [-0.4, -0.2) is 23.3 Å². The van der Waals surface area contributed by atoms with Gasteiger partial charge in [0.1, 0.15) is 6.10 Å². The highest BCUT2D eigenvalue weighted by Gasteiger charge is 2.63. The van der Waals surface area contributed by atoms with E-state index in [1.165, 1.54) is 0 Å². The lowest BCUT2D eigenvalue weighted by molar-refractivity contribution is -0.196. The highest BCUT2D eigenvalue weighted by molar-refractivity contribution is 5.80. The number of hydrogen-bond acceptors (Lipinski definition) is 3. The van der Waals surface area contributed by atoms with E-state index >= 15 is 0 Å². The van der Waals surface area contributed by atoms with Gasteiger partial charge in [0.25, 0.3) is 0 Å². The Kier molecular flexibility index (Phi) is 0.876. The molecule has 11 heavy (non-hydrogen) atoms. The standard InChI is InChI=1S/C8H10O3/c9-5-2-3-1-4(5)6-7(3)11-8(6)10/h3-7,9H,1-2H2. The van der Waals surface area contributed by atoms with Crippen LogP contribution in [0.4, 0.5) is 0 Å². The van der Waals surface area contributed by atoms with Gasteiger partial charge in [0.15, 0.2) is 0 Å². The summed E-state index contributed by atoms with van der Waals surface area (Å²) in [5.41, 5.74) is 0. The van der Waals surface area contributed by atoms with Gasteiger partial charge in [-0.25, -0.2) is 0 Å². The zero-order valence-corrected chi connectivity index (χ0v) is 6.06. The molecule has 2 bridgehead atoms. The van der Waals surface area contributed by atoms with E-state index in [-0.39, 0.29) is 30.0 Å². The zero-order valence-electron chi connectivity index (χ0n) is 6.06. The smallest absolute Gasteiger partial charge is 0.313 e. The lowest BCUT2D eigenvalue weighted by Crippen LogP contribution is -2.51. The monoisotopic (exact) mass is 154 g/mol. The Hall–Kier alpha value is -0.570. The van der Waals surface area contributed by atoms with E-state index in [2.05, 4.69) is 0 Å². The largest absolute Gasteiger partial charge is 0.461 e. The third kappa shape index (κ3) is 0.527. The summed E-state index contributed by atoms with van der Waals surface area (Å²) in [5, 5.41) is 9.45. The van der Waals surface area contributed by atoms with Gasteiger partial charge in [0.2, 0.25) is 0 Å². The molecule has 3 aliphatic rings. The van der Waals surface area contributed by atoms with Gasteiger partial charge in [-0.15, -0.1) is 0 Å². The first-order valence-electron chi connectivity index (χ1n) is 4.16. The molecule has 1 N–H and O–H groups in total. The Balaban J connectivity index is 1.93. The van der Waals surface area contributed by atoms with Crippen molar-refractivity contribution in [3.05, 3.63) is 0 Å². The number of hydrogen-bond donors (Lipinski definition) is 1. The van der Waals surface area contributed by atoms with Crippen LogP contribution in [0.1, 0.15) is 12.8 Å². The quantitative estimate of drug-likeness (QED) is 0.497. The van der Waals surface area contributed by atoms with Crippen LogP contribution in [0.5, 0.6) is 0 Å². The lowest BCUT2D eigenvalue weighted by Gasteiger charge is -2.39. The highest BCUT2D eigenvalue weighted by Crippen LogP contribution is 2.54. The number of aliphatic hydroxyl groups is 1. The van der Waals surface area contributed by atoms with Gasteiger partial charge in [-0.2, -0.15) is 0 Å². The fraction of sp³-hybridized carbons (Fsp3) is 0.875. The van der Waals surface area contributed by atoms with Crippen molar-refractivity contribution >= 4 is 5.97 Å². The van der Waals surface area contributed by atoms with Gasteiger partial charge in [0, 0.05) is 5.92 Å². The number of esters is 1. The Bertz CT molecular complexity index is 225. The minimum absolute atomic E-state index is 0.0590. The van der Waals surface area contributed by atoms with Crippen molar-refractivity contribution in [1.29, 1.82) is 0 Å². The first-order chi connectivity index (χ1) is 5.27. The average molecular weight is 154 g/mol. The molecule has 0 aromatic rings. The van der Waals surface area contributed by atoms with Gasteiger partial charge in [-0.1, -0.05) is 0 Å². The maximum absolute atomic E-state index is 10.9. The van der Waals surface area contributed by atoms with Crippen molar-refractivity contribution in [3.8, 4) is 0 Å². The first-order valence-corrected chi connectivity index (χ1v) is 4.16. The summed E-state index contributed by atoms with van der Waals surface area (Å²) in [6, 6.07) is 0. The number of rotatable bonds is 0. The van der Waals surface area contributed by atoms with Crippen molar-refractivity contribution in [3.63, 3.8) is 0 Å².